The standard InChI is InChI=1S/C22H18ClN5O3/c1-14-4-5-16(23)11-17(14)26-19(29)13-27-18-3-2-8-25-20(18)21(30)28(22(27)31)12-15-6-9-24-10-7-15/h2-11H,12-13H2,1H3,(H,26,29). The maximum atomic E-state index is 13.2. The first kappa shape index (κ1) is 20.5. The number of pyridine rings is 2. The minimum Gasteiger partial charge on any atom is -0.324 e. The third kappa shape index (κ3) is 4.24. The molecule has 0 bridgehead atoms. The molecule has 4 rings (SSSR count). The summed E-state index contributed by atoms with van der Waals surface area (Å²) in [5.41, 5.74) is 1.41. The van der Waals surface area contributed by atoms with E-state index in [1.807, 2.05) is 6.92 Å². The smallest absolute Gasteiger partial charge is 0.324 e. The number of aryl methyl sites for hydroxylation is 1. The van der Waals surface area contributed by atoms with E-state index in [1.54, 1.807) is 54.9 Å². The summed E-state index contributed by atoms with van der Waals surface area (Å²) in [5.74, 6) is -0.424. The first-order valence-corrected chi connectivity index (χ1v) is 9.85. The minimum atomic E-state index is -0.597. The average Bonchev–Trinajstić information content (AvgIpc) is 2.77. The van der Waals surface area contributed by atoms with Crippen LogP contribution in [0, 0.1) is 6.92 Å². The molecule has 0 unspecified atom stereocenters. The van der Waals surface area contributed by atoms with Gasteiger partial charge in [0.25, 0.3) is 5.56 Å². The van der Waals surface area contributed by atoms with Gasteiger partial charge in [0, 0.05) is 29.3 Å². The third-order valence-electron chi connectivity index (χ3n) is 4.85. The fourth-order valence-corrected chi connectivity index (χ4v) is 3.44. The number of amides is 1. The number of fused-ring (bicyclic) bond motifs is 1. The van der Waals surface area contributed by atoms with Crippen molar-refractivity contribution in [1.82, 2.24) is 19.1 Å². The van der Waals surface area contributed by atoms with E-state index in [2.05, 4.69) is 15.3 Å². The fourth-order valence-electron chi connectivity index (χ4n) is 3.27. The molecule has 8 nitrogen and oxygen atoms in total. The fraction of sp³-hybridized carbons (Fsp3) is 0.136. The molecular formula is C22H18ClN5O3. The molecule has 0 atom stereocenters. The van der Waals surface area contributed by atoms with E-state index in [0.29, 0.717) is 16.2 Å². The summed E-state index contributed by atoms with van der Waals surface area (Å²) < 4.78 is 2.32. The van der Waals surface area contributed by atoms with Crippen molar-refractivity contribution in [3.8, 4) is 0 Å². The highest BCUT2D eigenvalue weighted by atomic mass is 35.5. The van der Waals surface area contributed by atoms with Crippen molar-refractivity contribution in [2.75, 3.05) is 5.32 Å². The van der Waals surface area contributed by atoms with Crippen LogP contribution in [0.4, 0.5) is 5.69 Å². The Labute approximate surface area is 181 Å². The number of rotatable bonds is 5. The van der Waals surface area contributed by atoms with Crippen molar-refractivity contribution in [3.05, 3.63) is 98.0 Å². The van der Waals surface area contributed by atoms with Crippen LogP contribution in [-0.4, -0.2) is 25.0 Å². The number of benzene rings is 1. The Morgan fingerprint density at radius 3 is 2.61 bits per heavy atom. The van der Waals surface area contributed by atoms with Gasteiger partial charge in [0.1, 0.15) is 6.54 Å². The van der Waals surface area contributed by atoms with E-state index in [0.717, 1.165) is 15.7 Å². The first-order valence-electron chi connectivity index (χ1n) is 9.47. The van der Waals surface area contributed by atoms with Gasteiger partial charge in [0.05, 0.1) is 12.1 Å². The highest BCUT2D eigenvalue weighted by Crippen LogP contribution is 2.20. The van der Waals surface area contributed by atoms with Gasteiger partial charge < -0.3 is 5.32 Å². The molecule has 1 N–H and O–H groups in total. The summed E-state index contributed by atoms with van der Waals surface area (Å²) in [6.45, 7) is 1.59. The van der Waals surface area contributed by atoms with Crippen LogP contribution in [0.25, 0.3) is 11.0 Å². The van der Waals surface area contributed by atoms with E-state index in [1.165, 1.54) is 10.8 Å². The lowest BCUT2D eigenvalue weighted by Gasteiger charge is -2.14. The molecule has 0 aliphatic rings. The monoisotopic (exact) mass is 435 g/mol. The molecule has 0 spiro atoms. The number of hydrogen-bond donors (Lipinski definition) is 1. The molecule has 1 aromatic carbocycles. The number of nitrogens with zero attached hydrogens (tertiary/aromatic N) is 4. The normalized spacial score (nSPS) is 10.9. The Balaban J connectivity index is 1.76. The first-order chi connectivity index (χ1) is 14.9. The van der Waals surface area contributed by atoms with Crippen LogP contribution in [0.5, 0.6) is 0 Å². The molecule has 31 heavy (non-hydrogen) atoms. The van der Waals surface area contributed by atoms with Gasteiger partial charge >= 0.3 is 5.69 Å². The number of carbonyl (C=O) groups excluding carboxylic acids is 1. The van der Waals surface area contributed by atoms with E-state index in [4.69, 9.17) is 11.6 Å². The van der Waals surface area contributed by atoms with Crippen LogP contribution in [-0.2, 0) is 17.9 Å². The summed E-state index contributed by atoms with van der Waals surface area (Å²) in [6.07, 6.45) is 4.64. The van der Waals surface area contributed by atoms with Crippen molar-refractivity contribution in [2.24, 2.45) is 0 Å². The van der Waals surface area contributed by atoms with Gasteiger partial charge in [-0.3, -0.25) is 23.7 Å². The SMILES string of the molecule is Cc1ccc(Cl)cc1NC(=O)Cn1c(=O)n(Cc2ccncc2)c(=O)c2ncccc21. The van der Waals surface area contributed by atoms with E-state index >= 15 is 0 Å². The molecule has 3 aromatic heterocycles. The average molecular weight is 436 g/mol. The van der Waals surface area contributed by atoms with Gasteiger partial charge in [-0.15, -0.1) is 0 Å². The molecule has 0 saturated heterocycles. The predicted molar refractivity (Wildman–Crippen MR) is 118 cm³/mol. The van der Waals surface area contributed by atoms with E-state index < -0.39 is 17.2 Å². The van der Waals surface area contributed by atoms with Gasteiger partial charge in [0.2, 0.25) is 5.91 Å². The van der Waals surface area contributed by atoms with E-state index in [9.17, 15) is 14.4 Å². The molecule has 0 saturated carbocycles. The van der Waals surface area contributed by atoms with E-state index in [-0.39, 0.29) is 18.6 Å². The highest BCUT2D eigenvalue weighted by Gasteiger charge is 2.17. The third-order valence-corrected chi connectivity index (χ3v) is 5.09. The Bertz CT molecular complexity index is 1400. The largest absolute Gasteiger partial charge is 0.332 e. The lowest BCUT2D eigenvalue weighted by molar-refractivity contribution is -0.116. The molecule has 3 heterocycles. The van der Waals surface area contributed by atoms with Crippen LogP contribution in [0.3, 0.4) is 0 Å². The summed E-state index contributed by atoms with van der Waals surface area (Å²) in [7, 11) is 0. The number of nitrogens with one attached hydrogen (secondary N) is 1. The second kappa shape index (κ2) is 8.53. The Morgan fingerprint density at radius 2 is 1.84 bits per heavy atom. The zero-order valence-corrected chi connectivity index (χ0v) is 17.3. The zero-order chi connectivity index (χ0) is 22.0. The predicted octanol–water partition coefficient (Wildman–Crippen LogP) is 2.60. The highest BCUT2D eigenvalue weighted by molar-refractivity contribution is 6.31. The quantitative estimate of drug-likeness (QED) is 0.519. The van der Waals surface area contributed by atoms with Crippen molar-refractivity contribution < 1.29 is 4.79 Å². The van der Waals surface area contributed by atoms with Crippen molar-refractivity contribution in [3.63, 3.8) is 0 Å². The van der Waals surface area contributed by atoms with Crippen molar-refractivity contribution in [1.29, 1.82) is 0 Å². The van der Waals surface area contributed by atoms with Crippen LogP contribution >= 0.6 is 11.6 Å². The lowest BCUT2D eigenvalue weighted by atomic mass is 10.2. The maximum absolute atomic E-state index is 13.2. The van der Waals surface area contributed by atoms with Crippen LogP contribution in [0.1, 0.15) is 11.1 Å². The number of hydrogen-bond acceptors (Lipinski definition) is 5. The molecule has 4 aromatic rings. The van der Waals surface area contributed by atoms with Crippen molar-refractivity contribution >= 4 is 34.2 Å². The topological polar surface area (TPSA) is 98.9 Å². The minimum absolute atomic E-state index is 0.0434. The Kier molecular flexibility index (Phi) is 5.64. The molecule has 0 fully saturated rings. The Morgan fingerprint density at radius 1 is 1.06 bits per heavy atom. The van der Waals surface area contributed by atoms with Gasteiger partial charge in [-0.05, 0) is 54.4 Å². The molecular weight excluding hydrogens is 418 g/mol. The summed E-state index contributed by atoms with van der Waals surface area (Å²) in [6, 6.07) is 11.8. The molecule has 1 amide bonds. The lowest BCUT2D eigenvalue weighted by Crippen LogP contribution is -2.42. The van der Waals surface area contributed by atoms with Gasteiger partial charge in [0.15, 0.2) is 5.52 Å². The zero-order valence-electron chi connectivity index (χ0n) is 16.6. The summed E-state index contributed by atoms with van der Waals surface area (Å²) in [4.78, 5) is 47.0. The van der Waals surface area contributed by atoms with Gasteiger partial charge in [-0.25, -0.2) is 9.78 Å². The number of carbonyl (C=O) groups is 1. The molecule has 0 aliphatic carbocycles. The number of halogens is 1. The molecule has 9 heteroatoms. The second-order valence-corrected chi connectivity index (χ2v) is 7.43. The van der Waals surface area contributed by atoms with Gasteiger partial charge in [-0.2, -0.15) is 0 Å². The number of aromatic nitrogens is 4. The maximum Gasteiger partial charge on any atom is 0.332 e. The van der Waals surface area contributed by atoms with Crippen LogP contribution in [0.2, 0.25) is 5.02 Å². The number of anilines is 1. The summed E-state index contributed by atoms with van der Waals surface area (Å²) >= 11 is 6.02. The molecule has 0 radical (unpaired) electrons. The second-order valence-electron chi connectivity index (χ2n) is 6.99. The van der Waals surface area contributed by atoms with Gasteiger partial charge in [-0.1, -0.05) is 17.7 Å². The van der Waals surface area contributed by atoms with Crippen LogP contribution in [0.15, 0.2) is 70.6 Å². The summed E-state index contributed by atoms with van der Waals surface area (Å²) in [5, 5.41) is 3.26. The molecule has 0 aliphatic heterocycles. The molecule has 156 valence electrons. The Hall–Kier alpha value is -3.78. The van der Waals surface area contributed by atoms with Crippen molar-refractivity contribution in [2.45, 2.75) is 20.0 Å². The van der Waals surface area contributed by atoms with Crippen LogP contribution < -0.4 is 16.6 Å².